The second-order valence-electron chi connectivity index (χ2n) is 4.25. The van der Waals surface area contributed by atoms with E-state index in [1.807, 2.05) is 60.9 Å². The molecule has 0 unspecified atom stereocenters. The number of amides is 1. The maximum Gasteiger partial charge on any atom is 0.264 e. The molecule has 0 atom stereocenters. The minimum Gasteiger partial charge on any atom is -0.484 e. The van der Waals surface area contributed by atoms with Crippen molar-refractivity contribution >= 4 is 23.4 Å². The molecule has 0 saturated heterocycles. The van der Waals surface area contributed by atoms with Gasteiger partial charge in [-0.15, -0.1) is 11.8 Å². The molecule has 0 bridgehead atoms. The normalized spacial score (nSPS) is 10.1. The summed E-state index contributed by atoms with van der Waals surface area (Å²) >= 11 is 1.67. The largest absolute Gasteiger partial charge is 0.484 e. The Morgan fingerprint density at radius 2 is 1.75 bits per heavy atom. The molecule has 0 spiro atoms. The van der Waals surface area contributed by atoms with Gasteiger partial charge in [-0.25, -0.2) is 0 Å². The van der Waals surface area contributed by atoms with Crippen molar-refractivity contribution in [3.05, 3.63) is 54.6 Å². The third-order valence-corrected chi connectivity index (χ3v) is 3.68. The third-order valence-electron chi connectivity index (χ3n) is 2.94. The summed E-state index contributed by atoms with van der Waals surface area (Å²) in [5.74, 6) is 0.628. The Bertz CT molecular complexity index is 554. The fraction of sp³-hybridized carbons (Fsp3) is 0.188. The van der Waals surface area contributed by atoms with Crippen LogP contribution in [-0.2, 0) is 4.79 Å². The number of carbonyl (C=O) groups is 1. The van der Waals surface area contributed by atoms with Crippen molar-refractivity contribution in [3.8, 4) is 5.75 Å². The second kappa shape index (κ2) is 7.01. The van der Waals surface area contributed by atoms with E-state index in [2.05, 4.69) is 0 Å². The Kier molecular flexibility index (Phi) is 5.07. The van der Waals surface area contributed by atoms with E-state index in [4.69, 9.17) is 4.74 Å². The molecule has 0 saturated carbocycles. The van der Waals surface area contributed by atoms with Gasteiger partial charge in [-0.3, -0.25) is 4.79 Å². The topological polar surface area (TPSA) is 29.5 Å². The van der Waals surface area contributed by atoms with Crippen molar-refractivity contribution in [2.24, 2.45) is 0 Å². The van der Waals surface area contributed by atoms with E-state index in [9.17, 15) is 4.79 Å². The van der Waals surface area contributed by atoms with Crippen LogP contribution in [0.2, 0.25) is 0 Å². The van der Waals surface area contributed by atoms with Crippen LogP contribution in [0.1, 0.15) is 0 Å². The van der Waals surface area contributed by atoms with Gasteiger partial charge in [0, 0.05) is 17.6 Å². The van der Waals surface area contributed by atoms with Crippen molar-refractivity contribution in [1.29, 1.82) is 0 Å². The number of anilines is 1. The first-order valence-corrected chi connectivity index (χ1v) is 7.51. The first-order chi connectivity index (χ1) is 9.70. The van der Waals surface area contributed by atoms with Crippen LogP contribution in [-0.4, -0.2) is 25.8 Å². The van der Waals surface area contributed by atoms with Crippen LogP contribution < -0.4 is 9.64 Å². The highest BCUT2D eigenvalue weighted by Gasteiger charge is 2.11. The van der Waals surface area contributed by atoms with E-state index in [0.717, 1.165) is 5.69 Å². The SMILES string of the molecule is CSc1ccc(OCC(=O)N(C)c2ccccc2)cc1. The van der Waals surface area contributed by atoms with Gasteiger partial charge in [-0.1, -0.05) is 18.2 Å². The van der Waals surface area contributed by atoms with Crippen molar-refractivity contribution in [3.63, 3.8) is 0 Å². The number of carbonyl (C=O) groups excluding carboxylic acids is 1. The van der Waals surface area contributed by atoms with Gasteiger partial charge in [0.25, 0.3) is 5.91 Å². The Hall–Kier alpha value is -1.94. The number of hydrogen-bond acceptors (Lipinski definition) is 3. The fourth-order valence-corrected chi connectivity index (χ4v) is 2.12. The molecule has 0 N–H and O–H groups in total. The summed E-state index contributed by atoms with van der Waals surface area (Å²) in [4.78, 5) is 14.8. The van der Waals surface area contributed by atoms with E-state index in [0.29, 0.717) is 5.75 Å². The first-order valence-electron chi connectivity index (χ1n) is 6.29. The lowest BCUT2D eigenvalue weighted by Crippen LogP contribution is -2.31. The van der Waals surface area contributed by atoms with E-state index < -0.39 is 0 Å². The first kappa shape index (κ1) is 14.5. The molecule has 0 aliphatic heterocycles. The summed E-state index contributed by atoms with van der Waals surface area (Å²) in [5.41, 5.74) is 0.860. The van der Waals surface area contributed by atoms with Crippen LogP contribution in [0, 0.1) is 0 Å². The van der Waals surface area contributed by atoms with Crippen LogP contribution in [0.3, 0.4) is 0 Å². The summed E-state index contributed by atoms with van der Waals surface area (Å²) in [7, 11) is 1.75. The molecular weight excluding hydrogens is 270 g/mol. The minimum atomic E-state index is -0.0786. The van der Waals surface area contributed by atoms with Crippen LogP contribution in [0.25, 0.3) is 0 Å². The molecule has 2 rings (SSSR count). The minimum absolute atomic E-state index is 0.0318. The Balaban J connectivity index is 1.91. The van der Waals surface area contributed by atoms with E-state index in [1.165, 1.54) is 4.90 Å². The highest BCUT2D eigenvalue weighted by molar-refractivity contribution is 7.98. The number of hydrogen-bond donors (Lipinski definition) is 0. The molecule has 2 aromatic rings. The predicted molar refractivity (Wildman–Crippen MR) is 83.6 cm³/mol. The second-order valence-corrected chi connectivity index (χ2v) is 5.13. The predicted octanol–water partition coefficient (Wildman–Crippen LogP) is 3.45. The Morgan fingerprint density at radius 1 is 1.10 bits per heavy atom. The molecule has 3 nitrogen and oxygen atoms in total. The van der Waals surface area contributed by atoms with Crippen LogP contribution in [0.4, 0.5) is 5.69 Å². The smallest absolute Gasteiger partial charge is 0.264 e. The summed E-state index contributed by atoms with van der Waals surface area (Å²) < 4.78 is 5.51. The molecule has 4 heteroatoms. The highest BCUT2D eigenvalue weighted by atomic mass is 32.2. The van der Waals surface area contributed by atoms with Crippen molar-refractivity contribution in [1.82, 2.24) is 0 Å². The maximum absolute atomic E-state index is 12.0. The van der Waals surface area contributed by atoms with Crippen LogP contribution in [0.15, 0.2) is 59.5 Å². The molecule has 0 aliphatic carbocycles. The van der Waals surface area contributed by atoms with Gasteiger partial charge >= 0.3 is 0 Å². The summed E-state index contributed by atoms with van der Waals surface area (Å²) in [6.45, 7) is 0.0318. The third kappa shape index (κ3) is 3.78. The zero-order valence-corrected chi connectivity index (χ0v) is 12.4. The standard InChI is InChI=1S/C16H17NO2S/c1-17(13-6-4-3-5-7-13)16(18)12-19-14-8-10-15(20-2)11-9-14/h3-11H,12H2,1-2H3. The lowest BCUT2D eigenvalue weighted by Gasteiger charge is -2.17. The molecular formula is C16H17NO2S. The van der Waals surface area contributed by atoms with Gasteiger partial charge in [0.05, 0.1) is 0 Å². The monoisotopic (exact) mass is 287 g/mol. The Labute approximate surface area is 123 Å². The zero-order chi connectivity index (χ0) is 14.4. The molecule has 0 radical (unpaired) electrons. The molecule has 0 aliphatic rings. The van der Waals surface area contributed by atoms with Crippen LogP contribution in [0.5, 0.6) is 5.75 Å². The average Bonchev–Trinajstić information content (AvgIpc) is 2.53. The zero-order valence-electron chi connectivity index (χ0n) is 11.6. The van der Waals surface area contributed by atoms with Gasteiger partial charge in [-0.05, 0) is 42.7 Å². The van der Waals surface area contributed by atoms with Gasteiger partial charge in [-0.2, -0.15) is 0 Å². The molecule has 0 heterocycles. The van der Waals surface area contributed by atoms with Crippen molar-refractivity contribution in [2.75, 3.05) is 24.8 Å². The lowest BCUT2D eigenvalue weighted by atomic mass is 10.3. The molecule has 104 valence electrons. The van der Waals surface area contributed by atoms with Gasteiger partial charge in [0.1, 0.15) is 5.75 Å². The molecule has 1 amide bonds. The molecule has 20 heavy (non-hydrogen) atoms. The Morgan fingerprint density at radius 3 is 2.35 bits per heavy atom. The van der Waals surface area contributed by atoms with Crippen molar-refractivity contribution in [2.45, 2.75) is 4.90 Å². The summed E-state index contributed by atoms with van der Waals surface area (Å²) in [6.07, 6.45) is 2.02. The fourth-order valence-electron chi connectivity index (χ4n) is 1.71. The molecule has 0 fully saturated rings. The molecule has 0 aromatic heterocycles. The summed E-state index contributed by atoms with van der Waals surface area (Å²) in [6, 6.07) is 17.2. The van der Waals surface area contributed by atoms with E-state index in [-0.39, 0.29) is 12.5 Å². The number of para-hydroxylation sites is 1. The quantitative estimate of drug-likeness (QED) is 0.789. The number of benzene rings is 2. The summed E-state index contributed by atoms with van der Waals surface area (Å²) in [5, 5.41) is 0. The van der Waals surface area contributed by atoms with Gasteiger partial charge < -0.3 is 9.64 Å². The van der Waals surface area contributed by atoms with E-state index >= 15 is 0 Å². The number of likely N-dealkylation sites (N-methyl/N-ethyl adjacent to an activating group) is 1. The average molecular weight is 287 g/mol. The molecule has 2 aromatic carbocycles. The highest BCUT2D eigenvalue weighted by Crippen LogP contribution is 2.19. The lowest BCUT2D eigenvalue weighted by molar-refractivity contribution is -0.120. The maximum atomic E-state index is 12.0. The number of nitrogens with zero attached hydrogens (tertiary/aromatic N) is 1. The van der Waals surface area contributed by atoms with E-state index in [1.54, 1.807) is 23.7 Å². The van der Waals surface area contributed by atoms with Crippen molar-refractivity contribution < 1.29 is 9.53 Å². The number of ether oxygens (including phenoxy) is 1. The van der Waals surface area contributed by atoms with Gasteiger partial charge in [0.2, 0.25) is 0 Å². The number of thioether (sulfide) groups is 1. The number of rotatable bonds is 5. The van der Waals surface area contributed by atoms with Crippen LogP contribution >= 0.6 is 11.8 Å². The van der Waals surface area contributed by atoms with Gasteiger partial charge in [0.15, 0.2) is 6.61 Å².